The minimum Gasteiger partial charge on any atom is -0.457 e. The summed E-state index contributed by atoms with van der Waals surface area (Å²) in [7, 11) is 1.68. The van der Waals surface area contributed by atoms with E-state index in [9.17, 15) is 9.59 Å². The van der Waals surface area contributed by atoms with Crippen LogP contribution >= 0.6 is 0 Å². The number of esters is 1. The molecule has 0 radical (unpaired) electrons. The van der Waals surface area contributed by atoms with Crippen molar-refractivity contribution in [1.29, 1.82) is 0 Å². The van der Waals surface area contributed by atoms with Crippen LogP contribution < -0.4 is 4.74 Å². The third kappa shape index (κ3) is 5.45. The molecule has 0 N–H and O–H groups in total. The van der Waals surface area contributed by atoms with Gasteiger partial charge in [0.15, 0.2) is 6.61 Å². The Kier molecular flexibility index (Phi) is 6.41. The maximum Gasteiger partial charge on any atom is 0.338 e. The van der Waals surface area contributed by atoms with E-state index in [0.29, 0.717) is 23.6 Å². The topological polar surface area (TPSA) is 55.8 Å². The van der Waals surface area contributed by atoms with E-state index in [-0.39, 0.29) is 12.5 Å². The first-order chi connectivity index (χ1) is 13.6. The van der Waals surface area contributed by atoms with Crippen LogP contribution in [0.2, 0.25) is 0 Å². The number of ether oxygens (including phenoxy) is 2. The normalized spacial score (nSPS) is 10.2. The molecule has 0 fully saturated rings. The molecule has 0 aliphatic heterocycles. The second kappa shape index (κ2) is 9.37. The molecule has 28 heavy (non-hydrogen) atoms. The van der Waals surface area contributed by atoms with E-state index in [2.05, 4.69) is 0 Å². The third-order valence-corrected chi connectivity index (χ3v) is 4.06. The molecule has 0 saturated heterocycles. The molecular weight excluding hydrogens is 354 g/mol. The van der Waals surface area contributed by atoms with Crippen molar-refractivity contribution < 1.29 is 19.1 Å². The number of para-hydroxylation sites is 1. The molecule has 3 rings (SSSR count). The summed E-state index contributed by atoms with van der Waals surface area (Å²) in [5, 5.41) is 0. The van der Waals surface area contributed by atoms with Gasteiger partial charge in [0.05, 0.1) is 5.56 Å². The van der Waals surface area contributed by atoms with E-state index < -0.39 is 5.97 Å². The molecule has 0 aromatic heterocycles. The second-order valence-electron chi connectivity index (χ2n) is 6.25. The van der Waals surface area contributed by atoms with E-state index in [1.807, 2.05) is 60.7 Å². The lowest BCUT2D eigenvalue weighted by Crippen LogP contribution is -2.30. The van der Waals surface area contributed by atoms with Gasteiger partial charge in [0.1, 0.15) is 11.5 Å². The maximum absolute atomic E-state index is 12.3. The number of amides is 1. The Morgan fingerprint density at radius 1 is 0.821 bits per heavy atom. The standard InChI is InChI=1S/C23H21NO4/c1-24(16-18-9-4-2-5-10-18)22(25)17-27-23(26)19-11-8-14-21(15-19)28-20-12-6-3-7-13-20/h2-15H,16-17H2,1H3. The van der Waals surface area contributed by atoms with E-state index >= 15 is 0 Å². The first-order valence-electron chi connectivity index (χ1n) is 8.90. The smallest absolute Gasteiger partial charge is 0.338 e. The molecule has 0 bridgehead atoms. The molecule has 1 amide bonds. The molecule has 0 atom stereocenters. The summed E-state index contributed by atoms with van der Waals surface area (Å²) in [6.45, 7) is 0.142. The molecule has 3 aromatic carbocycles. The number of carbonyl (C=O) groups is 2. The molecule has 0 heterocycles. The summed E-state index contributed by atoms with van der Waals surface area (Å²) in [4.78, 5) is 26.0. The van der Waals surface area contributed by atoms with Crippen LogP contribution in [0.4, 0.5) is 0 Å². The number of nitrogens with zero attached hydrogens (tertiary/aromatic N) is 1. The van der Waals surface area contributed by atoms with Gasteiger partial charge in [-0.3, -0.25) is 4.79 Å². The van der Waals surface area contributed by atoms with Gasteiger partial charge >= 0.3 is 5.97 Å². The summed E-state index contributed by atoms with van der Waals surface area (Å²) in [5.41, 5.74) is 1.34. The van der Waals surface area contributed by atoms with Gasteiger partial charge < -0.3 is 14.4 Å². The molecule has 0 aliphatic rings. The van der Waals surface area contributed by atoms with Crippen LogP contribution in [0.5, 0.6) is 11.5 Å². The minimum absolute atomic E-state index is 0.270. The third-order valence-electron chi connectivity index (χ3n) is 4.06. The average molecular weight is 375 g/mol. The summed E-state index contributed by atoms with van der Waals surface area (Å²) in [5.74, 6) is 0.354. The average Bonchev–Trinajstić information content (AvgIpc) is 2.73. The highest BCUT2D eigenvalue weighted by Crippen LogP contribution is 2.22. The van der Waals surface area contributed by atoms with Gasteiger partial charge in [0.2, 0.25) is 0 Å². The highest BCUT2D eigenvalue weighted by molar-refractivity contribution is 5.91. The molecule has 5 heteroatoms. The summed E-state index contributed by atoms with van der Waals surface area (Å²) >= 11 is 0. The maximum atomic E-state index is 12.3. The van der Waals surface area contributed by atoms with E-state index in [1.54, 1.807) is 31.3 Å². The van der Waals surface area contributed by atoms with Crippen LogP contribution in [0, 0.1) is 0 Å². The Balaban J connectivity index is 1.54. The Hall–Kier alpha value is -3.60. The van der Waals surface area contributed by atoms with Crippen LogP contribution in [0.25, 0.3) is 0 Å². The fourth-order valence-corrected chi connectivity index (χ4v) is 2.58. The van der Waals surface area contributed by atoms with Crippen LogP contribution in [0.3, 0.4) is 0 Å². The number of likely N-dealkylation sites (N-methyl/N-ethyl adjacent to an activating group) is 1. The molecular formula is C23H21NO4. The number of rotatable bonds is 7. The second-order valence-corrected chi connectivity index (χ2v) is 6.25. The summed E-state index contributed by atoms with van der Waals surface area (Å²) in [6, 6.07) is 25.6. The van der Waals surface area contributed by atoms with Crippen molar-refractivity contribution in [2.45, 2.75) is 6.54 Å². The van der Waals surface area contributed by atoms with Crippen molar-refractivity contribution in [2.24, 2.45) is 0 Å². The van der Waals surface area contributed by atoms with Gasteiger partial charge in [-0.2, -0.15) is 0 Å². The van der Waals surface area contributed by atoms with Crippen LogP contribution in [0.15, 0.2) is 84.9 Å². The van der Waals surface area contributed by atoms with E-state index in [4.69, 9.17) is 9.47 Å². The van der Waals surface area contributed by atoms with Gasteiger partial charge in [-0.15, -0.1) is 0 Å². The van der Waals surface area contributed by atoms with Crippen LogP contribution in [0.1, 0.15) is 15.9 Å². The molecule has 0 saturated carbocycles. The predicted molar refractivity (Wildman–Crippen MR) is 106 cm³/mol. The first kappa shape index (κ1) is 19.2. The predicted octanol–water partition coefficient (Wildman–Crippen LogP) is 4.29. The first-order valence-corrected chi connectivity index (χ1v) is 8.90. The lowest BCUT2D eigenvalue weighted by Gasteiger charge is -2.17. The van der Waals surface area contributed by atoms with E-state index in [0.717, 1.165) is 5.56 Å². The van der Waals surface area contributed by atoms with Gasteiger partial charge in [-0.05, 0) is 35.9 Å². The number of benzene rings is 3. The Morgan fingerprint density at radius 2 is 1.46 bits per heavy atom. The van der Waals surface area contributed by atoms with Crippen LogP contribution in [-0.4, -0.2) is 30.4 Å². The fourth-order valence-electron chi connectivity index (χ4n) is 2.58. The van der Waals surface area contributed by atoms with Crippen molar-refractivity contribution in [2.75, 3.05) is 13.7 Å². The molecule has 0 aliphatic carbocycles. The molecule has 3 aromatic rings. The van der Waals surface area contributed by atoms with Crippen molar-refractivity contribution in [1.82, 2.24) is 4.90 Å². The van der Waals surface area contributed by atoms with Crippen molar-refractivity contribution >= 4 is 11.9 Å². The van der Waals surface area contributed by atoms with Crippen molar-refractivity contribution in [3.63, 3.8) is 0 Å². The highest BCUT2D eigenvalue weighted by Gasteiger charge is 2.14. The Labute approximate surface area is 164 Å². The molecule has 5 nitrogen and oxygen atoms in total. The zero-order valence-corrected chi connectivity index (χ0v) is 15.6. The highest BCUT2D eigenvalue weighted by atomic mass is 16.5. The van der Waals surface area contributed by atoms with E-state index in [1.165, 1.54) is 4.90 Å². The Bertz CT molecular complexity index is 926. The van der Waals surface area contributed by atoms with Gasteiger partial charge in [-0.1, -0.05) is 54.6 Å². The van der Waals surface area contributed by atoms with Gasteiger partial charge in [-0.25, -0.2) is 4.79 Å². The number of hydrogen-bond acceptors (Lipinski definition) is 4. The molecule has 0 spiro atoms. The summed E-state index contributed by atoms with van der Waals surface area (Å²) in [6.07, 6.45) is 0. The quantitative estimate of drug-likeness (QED) is 0.578. The molecule has 142 valence electrons. The van der Waals surface area contributed by atoms with Crippen molar-refractivity contribution in [3.05, 3.63) is 96.1 Å². The SMILES string of the molecule is CN(Cc1ccccc1)C(=O)COC(=O)c1cccc(Oc2ccccc2)c1. The lowest BCUT2D eigenvalue weighted by molar-refractivity contribution is -0.133. The monoisotopic (exact) mass is 375 g/mol. The summed E-state index contributed by atoms with van der Waals surface area (Å²) < 4.78 is 10.9. The number of hydrogen-bond donors (Lipinski definition) is 0. The minimum atomic E-state index is -0.569. The molecule has 0 unspecified atom stereocenters. The van der Waals surface area contributed by atoms with Gasteiger partial charge in [0.25, 0.3) is 5.91 Å². The fraction of sp³-hybridized carbons (Fsp3) is 0.130. The number of carbonyl (C=O) groups excluding carboxylic acids is 2. The zero-order chi connectivity index (χ0) is 19.8. The van der Waals surface area contributed by atoms with Crippen LogP contribution in [-0.2, 0) is 16.1 Å². The largest absolute Gasteiger partial charge is 0.457 e. The van der Waals surface area contributed by atoms with Gasteiger partial charge in [0, 0.05) is 13.6 Å². The lowest BCUT2D eigenvalue weighted by atomic mass is 10.2. The zero-order valence-electron chi connectivity index (χ0n) is 15.6. The van der Waals surface area contributed by atoms with Crippen molar-refractivity contribution in [3.8, 4) is 11.5 Å². The Morgan fingerprint density at radius 3 is 2.18 bits per heavy atom.